The fourth-order valence-corrected chi connectivity index (χ4v) is 1.37. The fraction of sp³-hybridized carbons (Fsp3) is 0.364. The number of hydrogen-bond donors (Lipinski definition) is 1. The van der Waals surface area contributed by atoms with Crippen LogP contribution in [0.1, 0.15) is 12.5 Å². The molecule has 2 rings (SSSR count). The van der Waals surface area contributed by atoms with Gasteiger partial charge in [-0.25, -0.2) is 0 Å². The number of ether oxygens (including phenoxy) is 2. The quantitative estimate of drug-likeness (QED) is 0.876. The normalized spacial score (nSPS) is 13.8. The lowest BCUT2D eigenvalue weighted by atomic mass is 10.2. The molecule has 1 aromatic carbocycles. The Bertz CT molecular complexity index is 403. The topological polar surface area (TPSA) is 54.3 Å². The van der Waals surface area contributed by atoms with E-state index in [0.717, 1.165) is 17.1 Å². The highest BCUT2D eigenvalue weighted by atomic mass is 35.5. The maximum atomic E-state index is 8.61. The second-order valence-electron chi connectivity index (χ2n) is 3.42. The SMILES string of the molecule is CC(C#N)NCc1ccc2c(c1)OCO2.Cl. The summed E-state index contributed by atoms with van der Waals surface area (Å²) >= 11 is 0. The van der Waals surface area contributed by atoms with Crippen molar-refractivity contribution in [2.24, 2.45) is 0 Å². The molecule has 0 spiro atoms. The number of nitrogens with one attached hydrogen (secondary N) is 1. The first-order valence-electron chi connectivity index (χ1n) is 4.81. The van der Waals surface area contributed by atoms with E-state index in [2.05, 4.69) is 11.4 Å². The summed E-state index contributed by atoms with van der Waals surface area (Å²) in [4.78, 5) is 0. The van der Waals surface area contributed by atoms with E-state index in [1.165, 1.54) is 0 Å². The summed E-state index contributed by atoms with van der Waals surface area (Å²) in [5.41, 5.74) is 1.08. The van der Waals surface area contributed by atoms with Crippen LogP contribution >= 0.6 is 12.4 Å². The van der Waals surface area contributed by atoms with Crippen molar-refractivity contribution in [3.8, 4) is 17.6 Å². The van der Waals surface area contributed by atoms with Crippen molar-refractivity contribution in [1.82, 2.24) is 5.32 Å². The van der Waals surface area contributed by atoms with E-state index >= 15 is 0 Å². The Labute approximate surface area is 101 Å². The third kappa shape index (κ3) is 2.78. The van der Waals surface area contributed by atoms with Crippen molar-refractivity contribution in [3.63, 3.8) is 0 Å². The molecule has 0 radical (unpaired) electrons. The number of hydrogen-bond acceptors (Lipinski definition) is 4. The van der Waals surface area contributed by atoms with E-state index in [1.54, 1.807) is 0 Å². The standard InChI is InChI=1S/C11H12N2O2.ClH/c1-8(5-12)13-6-9-2-3-10-11(4-9)15-7-14-10;/h2-4,8,13H,6-7H2,1H3;1H. The molecular weight excluding hydrogens is 228 g/mol. The summed E-state index contributed by atoms with van der Waals surface area (Å²) < 4.78 is 10.5. The highest BCUT2D eigenvalue weighted by molar-refractivity contribution is 5.85. The molecule has 0 saturated carbocycles. The Hall–Kier alpha value is -1.44. The first kappa shape index (κ1) is 12.6. The van der Waals surface area contributed by atoms with E-state index < -0.39 is 0 Å². The third-order valence-electron chi connectivity index (χ3n) is 2.24. The molecule has 1 aliphatic heterocycles. The summed E-state index contributed by atoms with van der Waals surface area (Å²) in [6.45, 7) is 2.78. The first-order chi connectivity index (χ1) is 7.29. The predicted octanol–water partition coefficient (Wildman–Crippen LogP) is 1.84. The second kappa shape index (κ2) is 5.59. The lowest BCUT2D eigenvalue weighted by Gasteiger charge is -2.06. The Morgan fingerprint density at radius 2 is 2.19 bits per heavy atom. The Morgan fingerprint density at radius 1 is 1.44 bits per heavy atom. The van der Waals surface area contributed by atoms with Gasteiger partial charge in [0, 0.05) is 6.54 Å². The van der Waals surface area contributed by atoms with Crippen molar-refractivity contribution in [2.45, 2.75) is 19.5 Å². The lowest BCUT2D eigenvalue weighted by Crippen LogP contribution is -2.23. The molecule has 1 atom stereocenters. The maximum absolute atomic E-state index is 8.61. The van der Waals surface area contributed by atoms with Gasteiger partial charge in [0.05, 0.1) is 12.1 Å². The van der Waals surface area contributed by atoms with Crippen LogP contribution in [0.4, 0.5) is 0 Å². The molecule has 4 nitrogen and oxygen atoms in total. The second-order valence-corrected chi connectivity index (χ2v) is 3.42. The summed E-state index contributed by atoms with van der Waals surface area (Å²) in [7, 11) is 0. The lowest BCUT2D eigenvalue weighted by molar-refractivity contribution is 0.174. The number of nitriles is 1. The van der Waals surface area contributed by atoms with Gasteiger partial charge in [0.1, 0.15) is 0 Å². The molecule has 1 unspecified atom stereocenters. The van der Waals surface area contributed by atoms with Gasteiger partial charge in [0.2, 0.25) is 6.79 Å². The summed E-state index contributed by atoms with van der Waals surface area (Å²) in [5, 5.41) is 11.7. The van der Waals surface area contributed by atoms with E-state index in [9.17, 15) is 0 Å². The molecule has 5 heteroatoms. The van der Waals surface area contributed by atoms with Crippen LogP contribution in [-0.4, -0.2) is 12.8 Å². The van der Waals surface area contributed by atoms with Gasteiger partial charge in [0.15, 0.2) is 11.5 Å². The van der Waals surface area contributed by atoms with Crippen molar-refractivity contribution < 1.29 is 9.47 Å². The monoisotopic (exact) mass is 240 g/mol. The molecule has 1 N–H and O–H groups in total. The Kier molecular flexibility index (Phi) is 4.41. The first-order valence-corrected chi connectivity index (χ1v) is 4.81. The maximum Gasteiger partial charge on any atom is 0.231 e. The third-order valence-corrected chi connectivity index (χ3v) is 2.24. The van der Waals surface area contributed by atoms with Crippen molar-refractivity contribution >= 4 is 12.4 Å². The highest BCUT2D eigenvalue weighted by Gasteiger charge is 2.13. The summed E-state index contributed by atoms with van der Waals surface area (Å²) in [5.74, 6) is 1.56. The minimum Gasteiger partial charge on any atom is -0.454 e. The zero-order valence-electron chi connectivity index (χ0n) is 8.90. The van der Waals surface area contributed by atoms with Crippen LogP contribution in [0, 0.1) is 11.3 Å². The van der Waals surface area contributed by atoms with E-state index in [0.29, 0.717) is 13.3 Å². The molecule has 1 heterocycles. The largest absolute Gasteiger partial charge is 0.454 e. The number of nitrogens with zero attached hydrogens (tertiary/aromatic N) is 1. The van der Waals surface area contributed by atoms with Crippen LogP contribution in [-0.2, 0) is 6.54 Å². The molecule has 0 aromatic heterocycles. The molecule has 0 amide bonds. The molecule has 1 aliphatic rings. The molecular formula is C11H13ClN2O2. The van der Waals surface area contributed by atoms with Crippen molar-refractivity contribution in [3.05, 3.63) is 23.8 Å². The van der Waals surface area contributed by atoms with Gasteiger partial charge in [-0.2, -0.15) is 5.26 Å². The van der Waals surface area contributed by atoms with E-state index in [4.69, 9.17) is 14.7 Å². The number of rotatable bonds is 3. The van der Waals surface area contributed by atoms with Crippen molar-refractivity contribution in [1.29, 1.82) is 5.26 Å². The van der Waals surface area contributed by atoms with Crippen LogP contribution in [0.2, 0.25) is 0 Å². The van der Waals surface area contributed by atoms with Gasteiger partial charge < -0.3 is 9.47 Å². The van der Waals surface area contributed by atoms with Gasteiger partial charge >= 0.3 is 0 Å². The Morgan fingerprint density at radius 3 is 2.94 bits per heavy atom. The number of halogens is 1. The minimum absolute atomic E-state index is 0. The molecule has 0 saturated heterocycles. The minimum atomic E-state index is -0.143. The van der Waals surface area contributed by atoms with Crippen LogP contribution in [0.3, 0.4) is 0 Å². The number of benzene rings is 1. The highest BCUT2D eigenvalue weighted by Crippen LogP contribution is 2.32. The smallest absolute Gasteiger partial charge is 0.231 e. The zero-order chi connectivity index (χ0) is 10.7. The molecule has 16 heavy (non-hydrogen) atoms. The average Bonchev–Trinajstić information content (AvgIpc) is 2.72. The zero-order valence-corrected chi connectivity index (χ0v) is 9.71. The Balaban J connectivity index is 0.00000128. The van der Waals surface area contributed by atoms with Gasteiger partial charge in [-0.3, -0.25) is 5.32 Å². The van der Waals surface area contributed by atoms with Crippen molar-refractivity contribution in [2.75, 3.05) is 6.79 Å². The molecule has 86 valence electrons. The summed E-state index contributed by atoms with van der Waals surface area (Å²) in [6.07, 6.45) is 0. The van der Waals surface area contributed by atoms with Crippen LogP contribution in [0.15, 0.2) is 18.2 Å². The van der Waals surface area contributed by atoms with Gasteiger partial charge in [-0.05, 0) is 24.6 Å². The van der Waals surface area contributed by atoms with Gasteiger partial charge in [-0.15, -0.1) is 12.4 Å². The van der Waals surface area contributed by atoms with Crippen LogP contribution in [0.25, 0.3) is 0 Å². The summed E-state index contributed by atoms with van der Waals surface area (Å²) in [6, 6.07) is 7.76. The van der Waals surface area contributed by atoms with Gasteiger partial charge in [0.25, 0.3) is 0 Å². The number of fused-ring (bicyclic) bond motifs is 1. The van der Waals surface area contributed by atoms with E-state index in [1.807, 2.05) is 25.1 Å². The molecule has 0 fully saturated rings. The van der Waals surface area contributed by atoms with Gasteiger partial charge in [-0.1, -0.05) is 6.07 Å². The average molecular weight is 241 g/mol. The molecule has 0 aliphatic carbocycles. The molecule has 1 aromatic rings. The van der Waals surface area contributed by atoms with E-state index in [-0.39, 0.29) is 18.4 Å². The van der Waals surface area contributed by atoms with Crippen LogP contribution < -0.4 is 14.8 Å². The molecule has 0 bridgehead atoms. The predicted molar refractivity (Wildman–Crippen MR) is 61.7 cm³/mol. The van der Waals surface area contributed by atoms with Crippen LogP contribution in [0.5, 0.6) is 11.5 Å². The fourth-order valence-electron chi connectivity index (χ4n) is 1.37.